The van der Waals surface area contributed by atoms with Gasteiger partial charge in [-0.2, -0.15) is 0 Å². The van der Waals surface area contributed by atoms with E-state index in [-0.39, 0.29) is 12.3 Å². The fourth-order valence-corrected chi connectivity index (χ4v) is 2.28. The van der Waals surface area contributed by atoms with E-state index >= 15 is 0 Å². The van der Waals surface area contributed by atoms with Gasteiger partial charge >= 0.3 is 0 Å². The van der Waals surface area contributed by atoms with E-state index in [0.29, 0.717) is 6.54 Å². The number of hydrogen-bond acceptors (Lipinski definition) is 3. The minimum Gasteiger partial charge on any atom is -0.493 e. The average molecular weight is 219 g/mol. The maximum absolute atomic E-state index is 11.6. The third-order valence-electron chi connectivity index (χ3n) is 3.09. The highest BCUT2D eigenvalue weighted by Crippen LogP contribution is 2.31. The van der Waals surface area contributed by atoms with E-state index in [1.807, 2.05) is 18.2 Å². The summed E-state index contributed by atoms with van der Waals surface area (Å²) in [6.07, 6.45) is 0.596. The van der Waals surface area contributed by atoms with Crippen LogP contribution in [0.25, 0.3) is 0 Å². The molecule has 0 spiro atoms. The first-order valence-electron chi connectivity index (χ1n) is 5.48. The third kappa shape index (κ3) is 1.46. The number of hydrogen-bond donors (Lipinski definition) is 1. The number of aliphatic hydroxyl groups excluding tert-OH is 1. The molecule has 3 rings (SSSR count). The molecule has 2 aliphatic rings. The van der Waals surface area contributed by atoms with Gasteiger partial charge in [-0.1, -0.05) is 0 Å². The van der Waals surface area contributed by atoms with Crippen LogP contribution in [0.15, 0.2) is 18.2 Å². The van der Waals surface area contributed by atoms with Crippen LogP contribution in [0.3, 0.4) is 0 Å². The molecule has 1 N–H and O–H groups in total. The highest BCUT2D eigenvalue weighted by molar-refractivity contribution is 5.96. The van der Waals surface area contributed by atoms with Gasteiger partial charge in [-0.05, 0) is 23.8 Å². The summed E-state index contributed by atoms with van der Waals surface area (Å²) in [4.78, 5) is 13.3. The van der Waals surface area contributed by atoms with Crippen molar-refractivity contribution in [2.24, 2.45) is 0 Å². The van der Waals surface area contributed by atoms with Crippen molar-refractivity contribution in [1.82, 2.24) is 0 Å². The number of rotatable bonds is 1. The number of benzene rings is 1. The molecule has 1 aromatic carbocycles. The first kappa shape index (κ1) is 9.66. The monoisotopic (exact) mass is 219 g/mol. The van der Waals surface area contributed by atoms with E-state index in [1.165, 1.54) is 0 Å². The van der Waals surface area contributed by atoms with Crippen LogP contribution >= 0.6 is 0 Å². The van der Waals surface area contributed by atoms with Crippen LogP contribution in [-0.2, 0) is 11.2 Å². The Morgan fingerprint density at radius 3 is 3.06 bits per heavy atom. The van der Waals surface area contributed by atoms with Gasteiger partial charge < -0.3 is 14.7 Å². The predicted octanol–water partition coefficient (Wildman–Crippen LogP) is 0.719. The number of ether oxygens (including phenoxy) is 1. The summed E-state index contributed by atoms with van der Waals surface area (Å²) >= 11 is 0. The Morgan fingerprint density at radius 2 is 2.31 bits per heavy atom. The summed E-state index contributed by atoms with van der Waals surface area (Å²) < 4.78 is 5.41. The Morgan fingerprint density at radius 1 is 1.44 bits per heavy atom. The zero-order valence-electron chi connectivity index (χ0n) is 8.85. The summed E-state index contributed by atoms with van der Waals surface area (Å²) in [6, 6.07) is 5.76. The molecule has 4 nitrogen and oxygen atoms in total. The van der Waals surface area contributed by atoms with E-state index in [4.69, 9.17) is 4.74 Å². The van der Waals surface area contributed by atoms with Crippen molar-refractivity contribution in [1.29, 1.82) is 0 Å². The molecule has 0 aromatic heterocycles. The second kappa shape index (κ2) is 3.49. The van der Waals surface area contributed by atoms with E-state index in [2.05, 4.69) is 0 Å². The molecule has 16 heavy (non-hydrogen) atoms. The highest BCUT2D eigenvalue weighted by atomic mass is 16.5. The quantitative estimate of drug-likeness (QED) is 0.757. The summed E-state index contributed by atoms with van der Waals surface area (Å²) in [5, 5.41) is 9.44. The molecule has 0 aliphatic carbocycles. The van der Waals surface area contributed by atoms with Gasteiger partial charge in [0.2, 0.25) is 5.91 Å². The maximum Gasteiger partial charge on any atom is 0.229 e. The highest BCUT2D eigenvalue weighted by Gasteiger charge is 2.29. The fourth-order valence-electron chi connectivity index (χ4n) is 2.28. The molecular weight excluding hydrogens is 206 g/mol. The molecule has 1 aromatic rings. The second-order valence-electron chi connectivity index (χ2n) is 4.25. The molecule has 1 saturated heterocycles. The first-order chi connectivity index (χ1) is 7.74. The molecule has 0 bridgehead atoms. The normalized spacial score (nSPS) is 23.4. The summed E-state index contributed by atoms with van der Waals surface area (Å²) in [7, 11) is 0. The first-order valence-corrected chi connectivity index (χ1v) is 5.48. The number of amides is 1. The van der Waals surface area contributed by atoms with Gasteiger partial charge in [0.05, 0.1) is 25.7 Å². The second-order valence-corrected chi connectivity index (χ2v) is 4.25. The third-order valence-corrected chi connectivity index (χ3v) is 3.09. The Hall–Kier alpha value is -1.55. The van der Waals surface area contributed by atoms with Crippen molar-refractivity contribution in [3.63, 3.8) is 0 Å². The van der Waals surface area contributed by atoms with Gasteiger partial charge in [-0.15, -0.1) is 0 Å². The Bertz CT molecular complexity index is 444. The molecule has 0 saturated carbocycles. The van der Waals surface area contributed by atoms with Gasteiger partial charge in [-0.25, -0.2) is 0 Å². The topological polar surface area (TPSA) is 49.8 Å². The van der Waals surface area contributed by atoms with E-state index in [1.54, 1.807) is 4.90 Å². The average Bonchev–Trinajstić information content (AvgIpc) is 2.83. The van der Waals surface area contributed by atoms with Gasteiger partial charge in [0.15, 0.2) is 0 Å². The van der Waals surface area contributed by atoms with Crippen LogP contribution < -0.4 is 9.64 Å². The minimum absolute atomic E-state index is 0.00800. The molecule has 84 valence electrons. The zero-order chi connectivity index (χ0) is 11.1. The summed E-state index contributed by atoms with van der Waals surface area (Å²) in [5.41, 5.74) is 2.01. The lowest BCUT2D eigenvalue weighted by atomic mass is 10.1. The number of carbonyl (C=O) groups excluding carboxylic acids is 1. The standard InChI is InChI=1S/C12H13NO3/c14-10-6-12(15)13(7-10)9-1-2-11-8(5-9)3-4-16-11/h1-2,5,10,14H,3-4,6-7H2. The van der Waals surface area contributed by atoms with E-state index < -0.39 is 6.10 Å². The fraction of sp³-hybridized carbons (Fsp3) is 0.417. The molecule has 2 heterocycles. The van der Waals surface area contributed by atoms with Gasteiger partial charge in [0.1, 0.15) is 5.75 Å². The van der Waals surface area contributed by atoms with Crippen molar-refractivity contribution >= 4 is 11.6 Å². The van der Waals surface area contributed by atoms with E-state index in [0.717, 1.165) is 30.0 Å². The van der Waals surface area contributed by atoms with Crippen LogP contribution in [0.4, 0.5) is 5.69 Å². The van der Waals surface area contributed by atoms with Crippen molar-refractivity contribution < 1.29 is 14.6 Å². The number of carbonyl (C=O) groups is 1. The molecule has 4 heteroatoms. The SMILES string of the molecule is O=C1CC(O)CN1c1ccc2c(c1)CCO2. The smallest absolute Gasteiger partial charge is 0.229 e. The number of β-amino-alcohol motifs (C(OH)–C–C–N with tert-alkyl or cyclic N) is 1. The van der Waals surface area contributed by atoms with Gasteiger partial charge in [0, 0.05) is 12.1 Å². The molecule has 1 unspecified atom stereocenters. The number of aliphatic hydroxyl groups is 1. The molecule has 2 aliphatic heterocycles. The summed E-state index contributed by atoms with van der Waals surface area (Å²) in [5.74, 6) is 0.905. The van der Waals surface area contributed by atoms with Crippen molar-refractivity contribution in [2.75, 3.05) is 18.1 Å². The van der Waals surface area contributed by atoms with Gasteiger partial charge in [0.25, 0.3) is 0 Å². The van der Waals surface area contributed by atoms with Gasteiger partial charge in [-0.3, -0.25) is 4.79 Å². The number of anilines is 1. The van der Waals surface area contributed by atoms with Crippen LogP contribution in [0, 0.1) is 0 Å². The van der Waals surface area contributed by atoms with Crippen molar-refractivity contribution in [2.45, 2.75) is 18.9 Å². The molecule has 1 atom stereocenters. The zero-order valence-corrected chi connectivity index (χ0v) is 8.85. The Balaban J connectivity index is 1.92. The lowest BCUT2D eigenvalue weighted by Gasteiger charge is -2.16. The maximum atomic E-state index is 11.6. The molecule has 0 radical (unpaired) electrons. The van der Waals surface area contributed by atoms with Crippen molar-refractivity contribution in [3.05, 3.63) is 23.8 Å². The van der Waals surface area contributed by atoms with Crippen LogP contribution in [0.1, 0.15) is 12.0 Å². The van der Waals surface area contributed by atoms with Crippen LogP contribution in [-0.4, -0.2) is 30.3 Å². The lowest BCUT2D eigenvalue weighted by molar-refractivity contribution is -0.117. The van der Waals surface area contributed by atoms with Crippen LogP contribution in [0.5, 0.6) is 5.75 Å². The Kier molecular flexibility index (Phi) is 2.11. The largest absolute Gasteiger partial charge is 0.493 e. The van der Waals surface area contributed by atoms with Crippen LogP contribution in [0.2, 0.25) is 0 Å². The van der Waals surface area contributed by atoms with Crippen molar-refractivity contribution in [3.8, 4) is 5.75 Å². The predicted molar refractivity (Wildman–Crippen MR) is 58.6 cm³/mol. The van der Waals surface area contributed by atoms with E-state index in [9.17, 15) is 9.90 Å². The molecule has 1 fully saturated rings. The molecule has 1 amide bonds. The molecular formula is C12H13NO3. The summed E-state index contributed by atoms with van der Waals surface area (Å²) in [6.45, 7) is 1.12. The lowest BCUT2D eigenvalue weighted by Crippen LogP contribution is -2.25. The number of fused-ring (bicyclic) bond motifs is 1. The Labute approximate surface area is 93.4 Å². The number of nitrogens with zero attached hydrogens (tertiary/aromatic N) is 1. The minimum atomic E-state index is -0.531.